The van der Waals surface area contributed by atoms with Crippen molar-refractivity contribution in [3.05, 3.63) is 0 Å². The van der Waals surface area contributed by atoms with Gasteiger partial charge in [-0.05, 0) is 141 Å². The van der Waals surface area contributed by atoms with E-state index in [1.807, 2.05) is 0 Å². The van der Waals surface area contributed by atoms with E-state index < -0.39 is 17.9 Å². The molecule has 0 aromatic rings. The predicted molar refractivity (Wildman–Crippen MR) is 166 cm³/mol. The summed E-state index contributed by atoms with van der Waals surface area (Å²) in [6.45, 7) is 24.0. The fourth-order valence-electron chi connectivity index (χ4n) is 7.78. The summed E-state index contributed by atoms with van der Waals surface area (Å²) in [6, 6.07) is 0. The second-order valence-electron chi connectivity index (χ2n) is 16.9. The van der Waals surface area contributed by atoms with Gasteiger partial charge in [-0.3, -0.25) is 4.90 Å². The minimum atomic E-state index is -0.527. The van der Waals surface area contributed by atoms with E-state index >= 15 is 0 Å². The molecule has 3 heterocycles. The average Bonchev–Trinajstić information content (AvgIpc) is 2.80. The Labute approximate surface area is 260 Å². The van der Waals surface area contributed by atoms with E-state index in [4.69, 9.17) is 14.5 Å². The van der Waals surface area contributed by atoms with Crippen LogP contribution in [0.15, 0.2) is 0 Å². The van der Waals surface area contributed by atoms with Gasteiger partial charge in [-0.15, -0.1) is 15.2 Å². The van der Waals surface area contributed by atoms with E-state index in [0.717, 1.165) is 57.8 Å². The number of carbonyl (C=O) groups is 3. The van der Waals surface area contributed by atoms with Crippen LogP contribution in [0.3, 0.4) is 0 Å². The third-order valence-electron chi connectivity index (χ3n) is 9.67. The van der Waals surface area contributed by atoms with Crippen LogP contribution < -0.4 is 0 Å². The van der Waals surface area contributed by atoms with Crippen LogP contribution in [0, 0.1) is 0 Å². The van der Waals surface area contributed by atoms with Crippen LogP contribution in [0.25, 0.3) is 0 Å². The summed E-state index contributed by atoms with van der Waals surface area (Å²) in [6.07, 6.45) is 8.52. The standard InChI is InChI=1S/C33H60N4O6/c1-28(2)16-13-17-29(3,4)35(28)41-25(38)22-34(23-26(39)42-36-30(5,6)18-14-19-31(36,7)8)24-27(40)43-37-32(9,10)20-15-21-33(37,11)12/h13-24H2,1-12H3. The molecule has 0 radical (unpaired) electrons. The summed E-state index contributed by atoms with van der Waals surface area (Å²) in [5.41, 5.74) is -2.02. The molecule has 3 fully saturated rings. The monoisotopic (exact) mass is 608 g/mol. The highest BCUT2D eigenvalue weighted by Crippen LogP contribution is 2.40. The molecule has 3 rings (SSSR count). The van der Waals surface area contributed by atoms with Crippen molar-refractivity contribution in [2.45, 2.75) is 174 Å². The molecular weight excluding hydrogens is 548 g/mol. The van der Waals surface area contributed by atoms with Gasteiger partial charge >= 0.3 is 17.9 Å². The highest BCUT2D eigenvalue weighted by molar-refractivity contribution is 5.78. The smallest absolute Gasteiger partial charge is 0.339 e. The molecule has 0 spiro atoms. The molecule has 3 saturated heterocycles. The Bertz CT molecular complexity index is 858. The quantitative estimate of drug-likeness (QED) is 0.320. The lowest BCUT2D eigenvalue weighted by Gasteiger charge is -2.50. The number of hydroxylamine groups is 6. The van der Waals surface area contributed by atoms with Crippen molar-refractivity contribution in [1.29, 1.82) is 0 Å². The molecule has 0 N–H and O–H groups in total. The molecule has 248 valence electrons. The van der Waals surface area contributed by atoms with E-state index in [-0.39, 0.29) is 52.9 Å². The Morgan fingerprint density at radius 2 is 0.628 bits per heavy atom. The second-order valence-corrected chi connectivity index (χ2v) is 16.9. The van der Waals surface area contributed by atoms with Crippen molar-refractivity contribution in [2.75, 3.05) is 19.6 Å². The Hall–Kier alpha value is -1.75. The van der Waals surface area contributed by atoms with Gasteiger partial charge < -0.3 is 14.5 Å². The minimum Gasteiger partial charge on any atom is -0.366 e. The largest absolute Gasteiger partial charge is 0.366 e. The number of rotatable bonds is 9. The zero-order chi connectivity index (χ0) is 32.6. The van der Waals surface area contributed by atoms with Crippen LogP contribution in [-0.4, -0.2) is 90.9 Å². The molecule has 3 aliphatic heterocycles. The van der Waals surface area contributed by atoms with Crippen molar-refractivity contribution in [2.24, 2.45) is 0 Å². The first kappa shape index (κ1) is 35.7. The lowest BCUT2D eigenvalue weighted by molar-refractivity contribution is -0.271. The van der Waals surface area contributed by atoms with Crippen LogP contribution in [0.4, 0.5) is 0 Å². The molecule has 10 heteroatoms. The van der Waals surface area contributed by atoms with Gasteiger partial charge in [0.1, 0.15) is 0 Å². The molecule has 0 aromatic heterocycles. The second kappa shape index (κ2) is 12.6. The first-order valence-electron chi connectivity index (χ1n) is 16.2. The third-order valence-corrected chi connectivity index (χ3v) is 9.67. The topological polar surface area (TPSA) is 91.9 Å². The number of carbonyl (C=O) groups excluding carboxylic acids is 3. The zero-order valence-electron chi connectivity index (χ0n) is 29.2. The van der Waals surface area contributed by atoms with Crippen molar-refractivity contribution in [3.8, 4) is 0 Å². The van der Waals surface area contributed by atoms with Crippen LogP contribution in [0.5, 0.6) is 0 Å². The van der Waals surface area contributed by atoms with Gasteiger partial charge in [-0.25, -0.2) is 14.4 Å². The molecule has 0 unspecified atom stereocenters. The van der Waals surface area contributed by atoms with E-state index in [0.29, 0.717) is 0 Å². The molecule has 0 aliphatic carbocycles. The van der Waals surface area contributed by atoms with Gasteiger partial charge in [0.05, 0.1) is 52.9 Å². The van der Waals surface area contributed by atoms with Gasteiger partial charge in [0.15, 0.2) is 0 Å². The Morgan fingerprint density at radius 3 is 0.814 bits per heavy atom. The molecule has 0 aromatic carbocycles. The lowest BCUT2D eigenvalue weighted by Crippen LogP contribution is -2.60. The minimum absolute atomic E-state index is 0.258. The molecule has 0 saturated carbocycles. The molecule has 0 bridgehead atoms. The van der Waals surface area contributed by atoms with E-state index in [1.54, 1.807) is 15.2 Å². The Balaban J connectivity index is 1.78. The zero-order valence-corrected chi connectivity index (χ0v) is 29.2. The van der Waals surface area contributed by atoms with Crippen LogP contribution in [-0.2, 0) is 28.9 Å². The van der Waals surface area contributed by atoms with Gasteiger partial charge in [0, 0.05) is 0 Å². The van der Waals surface area contributed by atoms with E-state index in [9.17, 15) is 14.4 Å². The highest BCUT2D eigenvalue weighted by atomic mass is 16.7. The number of hydrogen-bond donors (Lipinski definition) is 0. The Kier molecular flexibility index (Phi) is 10.4. The molecule has 43 heavy (non-hydrogen) atoms. The van der Waals surface area contributed by atoms with Gasteiger partial charge in [-0.1, -0.05) is 0 Å². The van der Waals surface area contributed by atoms with E-state index in [1.165, 1.54) is 4.90 Å². The van der Waals surface area contributed by atoms with Crippen LogP contribution >= 0.6 is 0 Å². The molecule has 3 aliphatic rings. The summed E-state index contributed by atoms with van der Waals surface area (Å²) >= 11 is 0. The first-order chi connectivity index (χ1) is 19.5. The third kappa shape index (κ3) is 8.70. The van der Waals surface area contributed by atoms with E-state index in [2.05, 4.69) is 83.1 Å². The van der Waals surface area contributed by atoms with Gasteiger partial charge in [0.2, 0.25) is 0 Å². The number of hydrogen-bond acceptors (Lipinski definition) is 10. The fraction of sp³-hybridized carbons (Fsp3) is 0.909. The summed E-state index contributed by atoms with van der Waals surface area (Å²) in [5, 5.41) is 5.37. The van der Waals surface area contributed by atoms with Crippen LogP contribution in [0.1, 0.15) is 141 Å². The van der Waals surface area contributed by atoms with Crippen molar-refractivity contribution >= 4 is 17.9 Å². The predicted octanol–water partition coefficient (Wildman–Crippen LogP) is 5.79. The van der Waals surface area contributed by atoms with Crippen molar-refractivity contribution in [1.82, 2.24) is 20.1 Å². The Morgan fingerprint density at radius 1 is 0.442 bits per heavy atom. The maximum Gasteiger partial charge on any atom is 0.339 e. The summed E-state index contributed by atoms with van der Waals surface area (Å²) in [4.78, 5) is 59.7. The molecule has 0 amide bonds. The molecule has 0 atom stereocenters. The van der Waals surface area contributed by atoms with Crippen molar-refractivity contribution in [3.63, 3.8) is 0 Å². The number of piperidine rings is 3. The maximum atomic E-state index is 13.4. The normalized spacial score (nSPS) is 26.4. The summed E-state index contributed by atoms with van der Waals surface area (Å²) in [5.74, 6) is -1.58. The highest BCUT2D eigenvalue weighted by Gasteiger charge is 2.47. The summed E-state index contributed by atoms with van der Waals surface area (Å²) < 4.78 is 0. The lowest BCUT2D eigenvalue weighted by atomic mass is 9.82. The summed E-state index contributed by atoms with van der Waals surface area (Å²) in [7, 11) is 0. The molecular formula is C33H60N4O6. The average molecular weight is 609 g/mol. The van der Waals surface area contributed by atoms with Gasteiger partial charge in [0.25, 0.3) is 0 Å². The van der Waals surface area contributed by atoms with Crippen molar-refractivity contribution < 1.29 is 28.9 Å². The van der Waals surface area contributed by atoms with Crippen LogP contribution in [0.2, 0.25) is 0 Å². The SMILES string of the molecule is CC1(C)CCCC(C)(C)N1OC(=O)CN(CC(=O)ON1C(C)(C)CCCC1(C)C)CC(=O)ON1C(C)(C)CCCC1(C)C. The van der Waals surface area contributed by atoms with Gasteiger partial charge in [-0.2, -0.15) is 0 Å². The number of nitrogens with zero attached hydrogens (tertiary/aromatic N) is 4. The maximum absolute atomic E-state index is 13.4. The fourth-order valence-corrected chi connectivity index (χ4v) is 7.78. The molecule has 10 nitrogen and oxygen atoms in total. The first-order valence-corrected chi connectivity index (χ1v) is 16.2.